The number of hydrogen-bond donors (Lipinski definition) is 1. The third-order valence-electron chi connectivity index (χ3n) is 3.51. The van der Waals surface area contributed by atoms with Crippen molar-refractivity contribution in [1.82, 2.24) is 0 Å². The second kappa shape index (κ2) is 8.44. The molecule has 0 spiro atoms. The number of carbonyl (C=O) groups is 2. The molecule has 0 aromatic heterocycles. The van der Waals surface area contributed by atoms with Gasteiger partial charge in [-0.1, -0.05) is 24.8 Å². The summed E-state index contributed by atoms with van der Waals surface area (Å²) in [6.07, 6.45) is 3.32. The summed E-state index contributed by atoms with van der Waals surface area (Å²) in [5.41, 5.74) is 3.22. The highest BCUT2D eigenvalue weighted by Gasteiger charge is 2.06. The van der Waals surface area contributed by atoms with Gasteiger partial charge in [-0.3, -0.25) is 9.59 Å². The number of ketones is 1. The van der Waals surface area contributed by atoms with E-state index in [1.807, 2.05) is 43.3 Å². The van der Waals surface area contributed by atoms with Crippen molar-refractivity contribution in [2.24, 2.45) is 0 Å². The van der Waals surface area contributed by atoms with Crippen molar-refractivity contribution in [3.63, 3.8) is 0 Å². The van der Waals surface area contributed by atoms with Crippen molar-refractivity contribution in [3.05, 3.63) is 76.8 Å². The molecule has 0 saturated carbocycles. The molecule has 0 heterocycles. The normalized spacial score (nSPS) is 10.5. The average molecular weight is 399 g/mol. The fourth-order valence-electron chi connectivity index (χ4n) is 2.07. The molecule has 1 N–H and O–H groups in total. The van der Waals surface area contributed by atoms with Gasteiger partial charge in [0.25, 0.3) is 5.91 Å². The molecule has 0 bridgehead atoms. The van der Waals surface area contributed by atoms with Gasteiger partial charge in [-0.15, -0.1) is 0 Å². The Morgan fingerprint density at radius 3 is 2.16 bits per heavy atom. The van der Waals surface area contributed by atoms with Crippen LogP contribution in [-0.4, -0.2) is 25.8 Å². The summed E-state index contributed by atoms with van der Waals surface area (Å²) in [5.74, 6) is -0.417. The summed E-state index contributed by atoms with van der Waals surface area (Å²) in [6, 6.07) is 14.6. The highest BCUT2D eigenvalue weighted by molar-refractivity contribution is 9.12. The first-order valence-electron chi connectivity index (χ1n) is 7.62. The van der Waals surface area contributed by atoms with Gasteiger partial charge in [-0.05, 0) is 64.0 Å². The molecule has 1 amide bonds. The van der Waals surface area contributed by atoms with Crippen LogP contribution in [0.2, 0.25) is 0 Å². The third kappa shape index (κ3) is 5.43. The Morgan fingerprint density at radius 1 is 1.04 bits per heavy atom. The van der Waals surface area contributed by atoms with Gasteiger partial charge in [0.05, 0.1) is 4.48 Å². The molecule has 0 atom stereocenters. The summed E-state index contributed by atoms with van der Waals surface area (Å²) in [4.78, 5) is 25.8. The molecule has 0 aliphatic heterocycles. The first-order valence-corrected chi connectivity index (χ1v) is 8.42. The molecule has 0 fully saturated rings. The largest absolute Gasteiger partial charge is 0.378 e. The van der Waals surface area contributed by atoms with Gasteiger partial charge in [0.2, 0.25) is 0 Å². The zero-order chi connectivity index (χ0) is 18.4. The van der Waals surface area contributed by atoms with E-state index >= 15 is 0 Å². The number of halogens is 1. The zero-order valence-corrected chi connectivity index (χ0v) is 15.7. The topological polar surface area (TPSA) is 49.4 Å². The summed E-state index contributed by atoms with van der Waals surface area (Å²) in [6.45, 7) is 3.50. The molecule has 4 nitrogen and oxygen atoms in total. The second-order valence-electron chi connectivity index (χ2n) is 5.62. The minimum Gasteiger partial charge on any atom is -0.378 e. The average Bonchev–Trinajstić information content (AvgIpc) is 2.60. The number of rotatable bonds is 6. The van der Waals surface area contributed by atoms with E-state index in [2.05, 4.69) is 27.8 Å². The monoisotopic (exact) mass is 398 g/mol. The maximum absolute atomic E-state index is 12.2. The molecule has 5 heteroatoms. The first kappa shape index (κ1) is 18.7. The minimum absolute atomic E-state index is 0.0977. The van der Waals surface area contributed by atoms with Crippen LogP contribution in [0.5, 0.6) is 0 Å². The van der Waals surface area contributed by atoms with E-state index in [1.54, 1.807) is 36.4 Å². The lowest BCUT2D eigenvalue weighted by atomic mass is 10.1. The molecule has 2 aromatic rings. The first-order chi connectivity index (χ1) is 11.9. The predicted molar refractivity (Wildman–Crippen MR) is 107 cm³/mol. The van der Waals surface area contributed by atoms with E-state index in [1.165, 1.54) is 0 Å². The van der Waals surface area contributed by atoms with Crippen molar-refractivity contribution < 1.29 is 9.59 Å². The van der Waals surface area contributed by atoms with Crippen molar-refractivity contribution in [2.45, 2.75) is 0 Å². The SMILES string of the molecule is C=C(Br)C(=O)Nc1ccc(C(=O)/C=C/c2ccc(N(C)C)cc2)cc1. The molecule has 25 heavy (non-hydrogen) atoms. The van der Waals surface area contributed by atoms with E-state index in [-0.39, 0.29) is 16.2 Å². The Hall–Kier alpha value is -2.66. The second-order valence-corrected chi connectivity index (χ2v) is 6.58. The lowest BCUT2D eigenvalue weighted by Crippen LogP contribution is -2.10. The highest BCUT2D eigenvalue weighted by atomic mass is 79.9. The molecule has 128 valence electrons. The maximum atomic E-state index is 12.2. The molecule has 0 unspecified atom stereocenters. The summed E-state index contributed by atoms with van der Waals surface area (Å²) < 4.78 is 0.246. The minimum atomic E-state index is -0.319. The van der Waals surface area contributed by atoms with Gasteiger partial charge in [0.1, 0.15) is 0 Å². The predicted octanol–water partition coefficient (Wildman–Crippen LogP) is 4.50. The van der Waals surface area contributed by atoms with E-state index in [9.17, 15) is 9.59 Å². The van der Waals surface area contributed by atoms with Crippen LogP contribution in [0.4, 0.5) is 11.4 Å². The number of amides is 1. The fraction of sp³-hybridized carbons (Fsp3) is 0.100. The van der Waals surface area contributed by atoms with Gasteiger partial charge in [0, 0.05) is 31.0 Å². The van der Waals surface area contributed by atoms with Gasteiger partial charge in [0.15, 0.2) is 5.78 Å². The molecule has 2 rings (SSSR count). The fourth-order valence-corrected chi connectivity index (χ4v) is 2.17. The molecule has 0 aliphatic rings. The number of allylic oxidation sites excluding steroid dienone is 1. The molecular weight excluding hydrogens is 380 g/mol. The van der Waals surface area contributed by atoms with Crippen LogP contribution >= 0.6 is 15.9 Å². The van der Waals surface area contributed by atoms with Crippen LogP contribution in [0, 0.1) is 0 Å². The van der Waals surface area contributed by atoms with Crippen molar-refractivity contribution in [1.29, 1.82) is 0 Å². The van der Waals surface area contributed by atoms with Gasteiger partial charge < -0.3 is 10.2 Å². The number of carbonyl (C=O) groups excluding carboxylic acids is 2. The van der Waals surface area contributed by atoms with Crippen LogP contribution in [0.25, 0.3) is 6.08 Å². The van der Waals surface area contributed by atoms with Crippen molar-refractivity contribution in [3.8, 4) is 0 Å². The molecule has 0 saturated heterocycles. The van der Waals surface area contributed by atoms with Gasteiger partial charge >= 0.3 is 0 Å². The Kier molecular flexibility index (Phi) is 6.31. The zero-order valence-electron chi connectivity index (χ0n) is 14.1. The van der Waals surface area contributed by atoms with E-state index in [0.29, 0.717) is 11.3 Å². The van der Waals surface area contributed by atoms with Crippen LogP contribution < -0.4 is 10.2 Å². The smallest absolute Gasteiger partial charge is 0.262 e. The quantitative estimate of drug-likeness (QED) is 0.575. The third-order valence-corrected chi connectivity index (χ3v) is 3.87. The molecule has 0 aliphatic carbocycles. The van der Waals surface area contributed by atoms with Gasteiger partial charge in [-0.2, -0.15) is 0 Å². The number of nitrogens with zero attached hydrogens (tertiary/aromatic N) is 1. The summed E-state index contributed by atoms with van der Waals surface area (Å²) >= 11 is 3.02. The van der Waals surface area contributed by atoms with Crippen LogP contribution in [-0.2, 0) is 4.79 Å². The number of nitrogens with one attached hydrogen (secondary N) is 1. The van der Waals surface area contributed by atoms with Crippen LogP contribution in [0.1, 0.15) is 15.9 Å². The van der Waals surface area contributed by atoms with Crippen molar-refractivity contribution in [2.75, 3.05) is 24.3 Å². The number of benzene rings is 2. The lowest BCUT2D eigenvalue weighted by molar-refractivity contribution is -0.112. The lowest BCUT2D eigenvalue weighted by Gasteiger charge is -2.11. The Labute approximate surface area is 156 Å². The number of hydrogen-bond acceptors (Lipinski definition) is 3. The summed E-state index contributed by atoms with van der Waals surface area (Å²) in [7, 11) is 3.96. The number of anilines is 2. The maximum Gasteiger partial charge on any atom is 0.262 e. The van der Waals surface area contributed by atoms with E-state index < -0.39 is 0 Å². The van der Waals surface area contributed by atoms with E-state index in [0.717, 1.165) is 11.3 Å². The Morgan fingerprint density at radius 2 is 1.64 bits per heavy atom. The Balaban J connectivity index is 2.02. The van der Waals surface area contributed by atoms with Crippen molar-refractivity contribution >= 4 is 45.1 Å². The van der Waals surface area contributed by atoms with Crippen LogP contribution in [0.3, 0.4) is 0 Å². The van der Waals surface area contributed by atoms with Crippen LogP contribution in [0.15, 0.2) is 65.7 Å². The molecule has 0 radical (unpaired) electrons. The molecule has 2 aromatic carbocycles. The van der Waals surface area contributed by atoms with Gasteiger partial charge in [-0.25, -0.2) is 0 Å². The summed E-state index contributed by atoms with van der Waals surface area (Å²) in [5, 5.41) is 2.66. The Bertz CT molecular complexity index is 807. The highest BCUT2D eigenvalue weighted by Crippen LogP contribution is 2.15. The van der Waals surface area contributed by atoms with E-state index in [4.69, 9.17) is 0 Å². The molecular formula is C20H19BrN2O2. The standard InChI is InChI=1S/C20H19BrN2O2/c1-14(21)20(25)22-17-9-7-16(8-10-17)19(24)13-6-15-4-11-18(12-5-15)23(2)3/h4-13H,1H2,2-3H3,(H,22,25)/b13-6+.